The van der Waals surface area contributed by atoms with Crippen LogP contribution < -0.4 is 5.32 Å². The minimum absolute atomic E-state index is 0.272. The number of nitrogens with one attached hydrogen (secondary N) is 1. The lowest BCUT2D eigenvalue weighted by Crippen LogP contribution is -2.28. The van der Waals surface area contributed by atoms with E-state index >= 15 is 0 Å². The number of aromatic nitrogens is 6. The Bertz CT molecular complexity index is 846. The van der Waals surface area contributed by atoms with Crippen LogP contribution in [0.1, 0.15) is 34.7 Å². The molecule has 3 heterocycles. The highest BCUT2D eigenvalue weighted by molar-refractivity contribution is 6.29. The first kappa shape index (κ1) is 16.0. The van der Waals surface area contributed by atoms with Gasteiger partial charge in [-0.25, -0.2) is 9.97 Å². The third kappa shape index (κ3) is 3.38. The monoisotopic (exact) mass is 343 g/mol. The normalized spacial score (nSPS) is 12.0. The topological polar surface area (TPSA) is 98.5 Å². The Balaban J connectivity index is 1.85. The molecule has 0 aromatic carbocycles. The van der Waals surface area contributed by atoms with Gasteiger partial charge >= 0.3 is 0 Å². The molecule has 0 radical (unpaired) electrons. The predicted molar refractivity (Wildman–Crippen MR) is 86.8 cm³/mol. The number of halogens is 1. The summed E-state index contributed by atoms with van der Waals surface area (Å²) in [6.45, 7) is 3.58. The number of carbonyl (C=O) groups excluding carboxylic acids is 1. The van der Waals surface area contributed by atoms with E-state index in [1.807, 2.05) is 6.92 Å². The number of carbonyl (C=O) groups is 1. The average Bonchev–Trinajstić information content (AvgIpc) is 3.08. The number of hydrogen-bond acceptors (Lipinski definition) is 6. The van der Waals surface area contributed by atoms with Gasteiger partial charge in [0.15, 0.2) is 5.82 Å². The lowest BCUT2D eigenvalue weighted by atomic mass is 10.1. The Labute approximate surface area is 142 Å². The molecule has 0 saturated carbocycles. The van der Waals surface area contributed by atoms with E-state index in [1.165, 1.54) is 10.9 Å². The van der Waals surface area contributed by atoms with E-state index in [9.17, 15) is 4.79 Å². The Morgan fingerprint density at radius 1 is 1.17 bits per heavy atom. The van der Waals surface area contributed by atoms with Crippen molar-refractivity contribution >= 4 is 17.5 Å². The molecule has 0 spiro atoms. The van der Waals surface area contributed by atoms with Crippen LogP contribution in [-0.2, 0) is 0 Å². The number of rotatable bonds is 4. The minimum atomic E-state index is -0.403. The van der Waals surface area contributed by atoms with Gasteiger partial charge in [-0.15, -0.1) is 4.80 Å². The van der Waals surface area contributed by atoms with Gasteiger partial charge < -0.3 is 5.32 Å². The van der Waals surface area contributed by atoms with E-state index in [0.717, 1.165) is 0 Å². The SMILES string of the molecule is Cc1cc(C(=O)NC(C)c2nccnc2-n2nccn2)cc(Cl)n1. The average molecular weight is 344 g/mol. The van der Waals surface area contributed by atoms with Crippen LogP contribution in [0.25, 0.3) is 5.82 Å². The third-order valence-corrected chi connectivity index (χ3v) is 3.45. The molecule has 0 fully saturated rings. The van der Waals surface area contributed by atoms with E-state index in [4.69, 9.17) is 11.6 Å². The first-order valence-electron chi connectivity index (χ1n) is 7.17. The van der Waals surface area contributed by atoms with Crippen molar-refractivity contribution < 1.29 is 4.79 Å². The van der Waals surface area contributed by atoms with Gasteiger partial charge in [0.05, 0.1) is 18.4 Å². The fraction of sp³-hybridized carbons (Fsp3) is 0.200. The second-order valence-corrected chi connectivity index (χ2v) is 5.49. The number of nitrogens with zero attached hydrogens (tertiary/aromatic N) is 6. The zero-order valence-electron chi connectivity index (χ0n) is 13.0. The molecular formula is C15H14ClN7O. The van der Waals surface area contributed by atoms with E-state index in [-0.39, 0.29) is 11.1 Å². The zero-order valence-corrected chi connectivity index (χ0v) is 13.8. The lowest BCUT2D eigenvalue weighted by Gasteiger charge is -2.15. The predicted octanol–water partition coefficient (Wildman–Crippen LogP) is 1.91. The summed E-state index contributed by atoms with van der Waals surface area (Å²) in [5.74, 6) is 0.180. The Morgan fingerprint density at radius 2 is 1.88 bits per heavy atom. The molecule has 8 nitrogen and oxygen atoms in total. The molecule has 0 aliphatic rings. The van der Waals surface area contributed by atoms with Gasteiger partial charge in [0.2, 0.25) is 0 Å². The molecule has 0 aliphatic carbocycles. The molecular weight excluding hydrogens is 330 g/mol. The first-order chi connectivity index (χ1) is 11.5. The smallest absolute Gasteiger partial charge is 0.251 e. The van der Waals surface area contributed by atoms with E-state index in [1.54, 1.807) is 37.8 Å². The second kappa shape index (κ2) is 6.71. The first-order valence-corrected chi connectivity index (χ1v) is 7.55. The van der Waals surface area contributed by atoms with Crippen LogP contribution >= 0.6 is 11.6 Å². The van der Waals surface area contributed by atoms with Gasteiger partial charge in [-0.3, -0.25) is 9.78 Å². The van der Waals surface area contributed by atoms with Crippen LogP contribution in [0.3, 0.4) is 0 Å². The summed E-state index contributed by atoms with van der Waals surface area (Å²) < 4.78 is 0. The van der Waals surface area contributed by atoms with Gasteiger partial charge in [0.1, 0.15) is 10.8 Å². The van der Waals surface area contributed by atoms with Crippen molar-refractivity contribution in [2.75, 3.05) is 0 Å². The summed E-state index contributed by atoms with van der Waals surface area (Å²) in [5, 5.41) is 11.3. The number of hydrogen-bond donors (Lipinski definition) is 1. The van der Waals surface area contributed by atoms with Crippen LogP contribution in [-0.4, -0.2) is 35.9 Å². The van der Waals surface area contributed by atoms with E-state index < -0.39 is 6.04 Å². The fourth-order valence-corrected chi connectivity index (χ4v) is 2.48. The molecule has 3 aromatic rings. The number of aryl methyl sites for hydroxylation is 1. The van der Waals surface area contributed by atoms with Gasteiger partial charge in [-0.05, 0) is 26.0 Å². The largest absolute Gasteiger partial charge is 0.344 e. The van der Waals surface area contributed by atoms with E-state index in [2.05, 4.69) is 30.5 Å². The third-order valence-electron chi connectivity index (χ3n) is 3.26. The highest BCUT2D eigenvalue weighted by Crippen LogP contribution is 2.17. The van der Waals surface area contributed by atoms with Crippen LogP contribution in [0.2, 0.25) is 5.15 Å². The maximum Gasteiger partial charge on any atom is 0.251 e. The van der Waals surface area contributed by atoms with Gasteiger partial charge in [0.25, 0.3) is 5.91 Å². The molecule has 1 unspecified atom stereocenters. The van der Waals surface area contributed by atoms with Crippen molar-refractivity contribution in [3.63, 3.8) is 0 Å². The molecule has 3 rings (SSSR count). The summed E-state index contributed by atoms with van der Waals surface area (Å²) >= 11 is 5.91. The number of pyridine rings is 1. The van der Waals surface area contributed by atoms with Crippen LogP contribution in [0.15, 0.2) is 36.9 Å². The molecule has 24 heavy (non-hydrogen) atoms. The van der Waals surface area contributed by atoms with Crippen molar-refractivity contribution in [1.82, 2.24) is 35.3 Å². The zero-order chi connectivity index (χ0) is 17.1. The summed E-state index contributed by atoms with van der Waals surface area (Å²) in [6, 6.07) is 2.78. The standard InChI is InChI=1S/C15H14ClN7O/c1-9-7-11(8-12(16)21-9)15(24)22-10(2)13-14(18-4-3-17-13)23-19-5-6-20-23/h3-8,10H,1-2H3,(H,22,24). The lowest BCUT2D eigenvalue weighted by molar-refractivity contribution is 0.0939. The van der Waals surface area contributed by atoms with Crippen LogP contribution in [0, 0.1) is 6.92 Å². The molecule has 9 heteroatoms. The van der Waals surface area contributed by atoms with Crippen molar-refractivity contribution in [3.8, 4) is 5.82 Å². The maximum atomic E-state index is 12.4. The molecule has 1 atom stereocenters. The quantitative estimate of drug-likeness (QED) is 0.726. The van der Waals surface area contributed by atoms with Crippen molar-refractivity contribution in [1.29, 1.82) is 0 Å². The summed E-state index contributed by atoms with van der Waals surface area (Å²) in [4.78, 5) is 26.4. The molecule has 1 N–H and O–H groups in total. The second-order valence-electron chi connectivity index (χ2n) is 5.10. The molecule has 0 saturated heterocycles. The van der Waals surface area contributed by atoms with Gasteiger partial charge in [-0.1, -0.05) is 11.6 Å². The molecule has 0 bridgehead atoms. The highest BCUT2D eigenvalue weighted by Gasteiger charge is 2.19. The minimum Gasteiger partial charge on any atom is -0.344 e. The van der Waals surface area contributed by atoms with Crippen molar-refractivity contribution in [2.24, 2.45) is 0 Å². The molecule has 122 valence electrons. The summed E-state index contributed by atoms with van der Waals surface area (Å²) in [7, 11) is 0. The highest BCUT2D eigenvalue weighted by atomic mass is 35.5. The summed E-state index contributed by atoms with van der Waals surface area (Å²) in [5.41, 5.74) is 1.65. The maximum absolute atomic E-state index is 12.4. The van der Waals surface area contributed by atoms with Gasteiger partial charge in [-0.2, -0.15) is 10.2 Å². The molecule has 1 amide bonds. The van der Waals surface area contributed by atoms with E-state index in [0.29, 0.717) is 22.8 Å². The van der Waals surface area contributed by atoms with Crippen LogP contribution in [0.5, 0.6) is 0 Å². The number of amides is 1. The molecule has 3 aromatic heterocycles. The van der Waals surface area contributed by atoms with Gasteiger partial charge in [0, 0.05) is 23.7 Å². The van der Waals surface area contributed by atoms with Crippen LogP contribution in [0.4, 0.5) is 0 Å². The fourth-order valence-electron chi connectivity index (χ4n) is 2.23. The Hall–Kier alpha value is -2.87. The Morgan fingerprint density at radius 3 is 2.58 bits per heavy atom. The summed E-state index contributed by atoms with van der Waals surface area (Å²) in [6.07, 6.45) is 6.19. The molecule has 0 aliphatic heterocycles. The van der Waals surface area contributed by atoms with Crippen molar-refractivity contribution in [2.45, 2.75) is 19.9 Å². The van der Waals surface area contributed by atoms with Crippen molar-refractivity contribution in [3.05, 3.63) is 59.0 Å². The Kier molecular flexibility index (Phi) is 4.48.